The van der Waals surface area contributed by atoms with E-state index in [1.54, 1.807) is 24.5 Å². The van der Waals surface area contributed by atoms with Crippen LogP contribution in [0.2, 0.25) is 0 Å². The number of benzene rings is 1. The number of carbonyl (C=O) groups is 1. The summed E-state index contributed by atoms with van der Waals surface area (Å²) in [4.78, 5) is 16.6. The van der Waals surface area contributed by atoms with E-state index < -0.39 is 6.04 Å². The Morgan fingerprint density at radius 3 is 2.84 bits per heavy atom. The average Bonchev–Trinajstić information content (AvgIpc) is 3.27. The van der Waals surface area contributed by atoms with Crippen molar-refractivity contribution in [1.82, 2.24) is 25.3 Å². The van der Waals surface area contributed by atoms with E-state index in [2.05, 4.69) is 20.6 Å². The Kier molecular flexibility index (Phi) is 5.39. The highest BCUT2D eigenvalue weighted by atomic mass is 32.1. The summed E-state index contributed by atoms with van der Waals surface area (Å²) in [7, 11) is 0. The molecular weight excluding hydrogens is 338 g/mol. The zero-order valence-corrected chi connectivity index (χ0v) is 14.9. The van der Waals surface area contributed by atoms with Crippen molar-refractivity contribution in [1.29, 1.82) is 0 Å². The molecule has 0 spiro atoms. The molecule has 1 atom stereocenters. The molecule has 0 fully saturated rings. The molecule has 7 nitrogen and oxygen atoms in total. The molecule has 1 aromatic carbocycles. The number of rotatable bonds is 7. The summed E-state index contributed by atoms with van der Waals surface area (Å²) in [5, 5.41) is 13.9. The van der Waals surface area contributed by atoms with Gasteiger partial charge in [0.1, 0.15) is 24.1 Å². The predicted octanol–water partition coefficient (Wildman–Crippen LogP) is 2.50. The number of aromatic nitrogens is 4. The van der Waals surface area contributed by atoms with E-state index in [1.807, 2.05) is 42.6 Å². The van der Waals surface area contributed by atoms with Crippen LogP contribution in [0.3, 0.4) is 0 Å². The molecule has 3 rings (SSSR count). The molecule has 0 aliphatic rings. The highest BCUT2D eigenvalue weighted by molar-refractivity contribution is 7.09. The normalized spacial score (nSPS) is 11.9. The Hall–Kier alpha value is -2.74. The van der Waals surface area contributed by atoms with Crippen LogP contribution in [0.15, 0.2) is 41.9 Å². The molecule has 25 heavy (non-hydrogen) atoms. The Balaban J connectivity index is 1.52. The number of nitrogens with one attached hydrogen (secondary N) is 1. The quantitative estimate of drug-likeness (QED) is 0.702. The van der Waals surface area contributed by atoms with Gasteiger partial charge in [0.05, 0.1) is 23.4 Å². The molecule has 0 radical (unpaired) electrons. The molecule has 0 saturated carbocycles. The lowest BCUT2D eigenvalue weighted by atomic mass is 10.3. The topological polar surface area (TPSA) is 81.9 Å². The van der Waals surface area contributed by atoms with Gasteiger partial charge in [0.2, 0.25) is 5.91 Å². The van der Waals surface area contributed by atoms with E-state index in [9.17, 15) is 4.79 Å². The van der Waals surface area contributed by atoms with E-state index in [4.69, 9.17) is 4.74 Å². The van der Waals surface area contributed by atoms with E-state index in [0.29, 0.717) is 18.8 Å². The fourth-order valence-corrected chi connectivity index (χ4v) is 2.79. The number of nitrogens with zero attached hydrogens (tertiary/aromatic N) is 4. The number of para-hydroxylation sites is 1. The molecule has 1 amide bonds. The molecule has 1 N–H and O–H groups in total. The second-order valence-electron chi connectivity index (χ2n) is 5.54. The van der Waals surface area contributed by atoms with Gasteiger partial charge >= 0.3 is 0 Å². The Labute approximate surface area is 149 Å². The van der Waals surface area contributed by atoms with Crippen molar-refractivity contribution in [3.8, 4) is 5.75 Å². The maximum Gasteiger partial charge on any atom is 0.244 e. The van der Waals surface area contributed by atoms with Gasteiger partial charge in [-0.2, -0.15) is 0 Å². The Morgan fingerprint density at radius 2 is 2.12 bits per heavy atom. The van der Waals surface area contributed by atoms with E-state index in [-0.39, 0.29) is 5.91 Å². The lowest BCUT2D eigenvalue weighted by Gasteiger charge is -2.11. The van der Waals surface area contributed by atoms with Gasteiger partial charge < -0.3 is 10.1 Å². The van der Waals surface area contributed by atoms with Crippen LogP contribution in [-0.4, -0.2) is 25.9 Å². The fraction of sp³-hybridized carbons (Fsp3) is 0.294. The summed E-state index contributed by atoms with van der Waals surface area (Å²) in [6.07, 6.45) is 1.72. The Morgan fingerprint density at radius 1 is 1.32 bits per heavy atom. The second-order valence-corrected chi connectivity index (χ2v) is 6.61. The van der Waals surface area contributed by atoms with Crippen LogP contribution in [0.5, 0.6) is 5.75 Å². The summed E-state index contributed by atoms with van der Waals surface area (Å²) < 4.78 is 7.16. The summed E-state index contributed by atoms with van der Waals surface area (Å²) in [5.41, 5.74) is 1.53. The molecule has 3 aromatic rings. The van der Waals surface area contributed by atoms with Gasteiger partial charge in [-0.15, -0.1) is 16.4 Å². The molecule has 0 aliphatic carbocycles. The number of hydrogen-bond acceptors (Lipinski definition) is 6. The maximum absolute atomic E-state index is 12.3. The monoisotopic (exact) mass is 357 g/mol. The van der Waals surface area contributed by atoms with Crippen LogP contribution in [0.25, 0.3) is 0 Å². The molecule has 1 unspecified atom stereocenters. The van der Waals surface area contributed by atoms with Gasteiger partial charge in [0, 0.05) is 5.38 Å². The third-order valence-corrected chi connectivity index (χ3v) is 4.40. The molecule has 0 bridgehead atoms. The van der Waals surface area contributed by atoms with Crippen LogP contribution in [0, 0.1) is 6.92 Å². The average molecular weight is 357 g/mol. The van der Waals surface area contributed by atoms with Gasteiger partial charge in [-0.05, 0) is 26.0 Å². The maximum atomic E-state index is 12.3. The smallest absolute Gasteiger partial charge is 0.244 e. The van der Waals surface area contributed by atoms with Crippen molar-refractivity contribution >= 4 is 17.2 Å². The fourth-order valence-electron chi connectivity index (χ4n) is 2.18. The van der Waals surface area contributed by atoms with Gasteiger partial charge in [-0.3, -0.25) is 4.79 Å². The van der Waals surface area contributed by atoms with Crippen molar-refractivity contribution in [3.05, 3.63) is 58.3 Å². The number of aryl methyl sites for hydroxylation is 1. The van der Waals surface area contributed by atoms with Gasteiger partial charge in [0.25, 0.3) is 0 Å². The minimum atomic E-state index is -0.460. The van der Waals surface area contributed by atoms with Gasteiger partial charge in [-0.25, -0.2) is 9.67 Å². The van der Waals surface area contributed by atoms with Crippen molar-refractivity contribution in [2.75, 3.05) is 0 Å². The third kappa shape index (κ3) is 4.63. The van der Waals surface area contributed by atoms with Crippen molar-refractivity contribution in [2.24, 2.45) is 0 Å². The first-order valence-corrected chi connectivity index (χ1v) is 8.77. The standard InChI is InChI=1S/C17H19N5O2S/c1-12(17(23)18-8-14-11-25-13(2)19-14)22-9-15(20-21-22)10-24-16-6-4-3-5-7-16/h3-7,9,11-12H,8,10H2,1-2H3,(H,18,23). The molecule has 0 aliphatic heterocycles. The number of thiazole rings is 1. The minimum Gasteiger partial charge on any atom is -0.487 e. The summed E-state index contributed by atoms with van der Waals surface area (Å²) in [6, 6.07) is 9.03. The van der Waals surface area contributed by atoms with E-state index in [1.165, 1.54) is 4.68 Å². The molecule has 8 heteroatoms. The van der Waals surface area contributed by atoms with Crippen molar-refractivity contribution < 1.29 is 9.53 Å². The number of amides is 1. The second kappa shape index (κ2) is 7.89. The van der Waals surface area contributed by atoms with Crippen LogP contribution < -0.4 is 10.1 Å². The SMILES string of the molecule is Cc1nc(CNC(=O)C(C)n2cc(COc3ccccc3)nn2)cs1. The number of carbonyl (C=O) groups excluding carboxylic acids is 1. The first-order chi connectivity index (χ1) is 12.1. The molecular formula is C17H19N5O2S. The van der Waals surface area contributed by atoms with Crippen LogP contribution in [0.1, 0.15) is 29.4 Å². The molecule has 0 saturated heterocycles. The van der Waals surface area contributed by atoms with Crippen molar-refractivity contribution in [2.45, 2.75) is 33.0 Å². The number of hydrogen-bond donors (Lipinski definition) is 1. The van der Waals surface area contributed by atoms with Crippen molar-refractivity contribution in [3.63, 3.8) is 0 Å². The summed E-state index contributed by atoms with van der Waals surface area (Å²) >= 11 is 1.56. The van der Waals surface area contributed by atoms with Crippen LogP contribution in [-0.2, 0) is 17.9 Å². The minimum absolute atomic E-state index is 0.133. The first-order valence-electron chi connectivity index (χ1n) is 7.89. The zero-order valence-electron chi connectivity index (χ0n) is 14.0. The molecule has 2 heterocycles. The number of ether oxygens (including phenoxy) is 1. The Bertz CT molecular complexity index is 830. The summed E-state index contributed by atoms with van der Waals surface area (Å²) in [6.45, 7) is 4.42. The third-order valence-electron chi connectivity index (χ3n) is 3.57. The van der Waals surface area contributed by atoms with E-state index in [0.717, 1.165) is 16.5 Å². The van der Waals surface area contributed by atoms with E-state index >= 15 is 0 Å². The summed E-state index contributed by atoms with van der Waals surface area (Å²) in [5.74, 6) is 0.632. The lowest BCUT2D eigenvalue weighted by molar-refractivity contribution is -0.124. The van der Waals surface area contributed by atoms with Crippen LogP contribution in [0.4, 0.5) is 0 Å². The highest BCUT2D eigenvalue weighted by Gasteiger charge is 2.17. The van der Waals surface area contributed by atoms with Gasteiger partial charge in [0.15, 0.2) is 0 Å². The predicted molar refractivity (Wildman–Crippen MR) is 94.2 cm³/mol. The lowest BCUT2D eigenvalue weighted by Crippen LogP contribution is -2.31. The molecule has 130 valence electrons. The first kappa shape index (κ1) is 17.1. The largest absolute Gasteiger partial charge is 0.487 e. The highest BCUT2D eigenvalue weighted by Crippen LogP contribution is 2.12. The van der Waals surface area contributed by atoms with Crippen LogP contribution >= 0.6 is 11.3 Å². The molecule has 2 aromatic heterocycles. The zero-order chi connectivity index (χ0) is 17.6. The van der Waals surface area contributed by atoms with Gasteiger partial charge in [-0.1, -0.05) is 23.4 Å².